The molecule has 0 fully saturated rings. The standard InChI is InChI=1S/C13H11F3N2O/c14-13(15,16)9-3-1-8(2-4-9)11-6-5-10(7-19)18-12(11)17/h1-6,19H,7H2,(H2,17,18). The molecule has 0 bridgehead atoms. The molecule has 0 saturated carbocycles. The first-order valence-electron chi connectivity index (χ1n) is 5.45. The third-order valence-electron chi connectivity index (χ3n) is 2.67. The van der Waals surface area contributed by atoms with Gasteiger partial charge in [0.25, 0.3) is 0 Å². The molecule has 0 aliphatic rings. The van der Waals surface area contributed by atoms with Crippen LogP contribution in [0.3, 0.4) is 0 Å². The Balaban J connectivity index is 2.37. The number of nitrogens with two attached hydrogens (primary N) is 1. The highest BCUT2D eigenvalue weighted by atomic mass is 19.4. The van der Waals surface area contributed by atoms with Gasteiger partial charge in [0.1, 0.15) is 5.82 Å². The van der Waals surface area contributed by atoms with Crippen molar-refractivity contribution in [1.29, 1.82) is 0 Å². The predicted octanol–water partition coefficient (Wildman–Crippen LogP) is 2.84. The molecule has 0 unspecified atom stereocenters. The zero-order valence-electron chi connectivity index (χ0n) is 9.78. The number of nitrogen functional groups attached to an aromatic ring is 1. The maximum absolute atomic E-state index is 12.4. The van der Waals surface area contributed by atoms with Crippen molar-refractivity contribution in [2.24, 2.45) is 0 Å². The topological polar surface area (TPSA) is 59.1 Å². The van der Waals surface area contributed by atoms with Gasteiger partial charge in [0, 0.05) is 5.56 Å². The second-order valence-electron chi connectivity index (χ2n) is 3.97. The zero-order chi connectivity index (χ0) is 14.0. The lowest BCUT2D eigenvalue weighted by Gasteiger charge is -2.09. The average molecular weight is 268 g/mol. The fourth-order valence-electron chi connectivity index (χ4n) is 1.69. The Bertz CT molecular complexity index is 579. The number of aliphatic hydroxyl groups is 1. The van der Waals surface area contributed by atoms with Crippen LogP contribution in [0.1, 0.15) is 11.3 Å². The minimum absolute atomic E-state index is 0.173. The van der Waals surface area contributed by atoms with Crippen LogP contribution in [-0.4, -0.2) is 10.1 Å². The Hall–Kier alpha value is -2.08. The van der Waals surface area contributed by atoms with Gasteiger partial charge >= 0.3 is 6.18 Å². The van der Waals surface area contributed by atoms with E-state index in [4.69, 9.17) is 10.8 Å². The van der Waals surface area contributed by atoms with E-state index in [2.05, 4.69) is 4.98 Å². The summed E-state index contributed by atoms with van der Waals surface area (Å²) in [6.07, 6.45) is -4.36. The van der Waals surface area contributed by atoms with Crippen LogP contribution in [0.2, 0.25) is 0 Å². The number of nitrogens with zero attached hydrogens (tertiary/aromatic N) is 1. The Morgan fingerprint density at radius 1 is 1.05 bits per heavy atom. The zero-order valence-corrected chi connectivity index (χ0v) is 9.78. The van der Waals surface area contributed by atoms with Crippen molar-refractivity contribution >= 4 is 5.82 Å². The molecular formula is C13H11F3N2O. The Labute approximate surface area is 107 Å². The molecule has 6 heteroatoms. The third kappa shape index (κ3) is 2.85. The van der Waals surface area contributed by atoms with Gasteiger partial charge in [-0.15, -0.1) is 0 Å². The van der Waals surface area contributed by atoms with Gasteiger partial charge in [-0.1, -0.05) is 12.1 Å². The molecule has 0 spiro atoms. The first-order valence-corrected chi connectivity index (χ1v) is 5.45. The molecule has 3 nitrogen and oxygen atoms in total. The maximum atomic E-state index is 12.4. The van der Waals surface area contributed by atoms with Gasteiger partial charge in [0.15, 0.2) is 0 Å². The van der Waals surface area contributed by atoms with E-state index in [1.165, 1.54) is 12.1 Å². The van der Waals surface area contributed by atoms with Crippen LogP contribution in [-0.2, 0) is 12.8 Å². The van der Waals surface area contributed by atoms with E-state index in [-0.39, 0.29) is 12.4 Å². The lowest BCUT2D eigenvalue weighted by Crippen LogP contribution is -2.04. The van der Waals surface area contributed by atoms with Gasteiger partial charge in [-0.2, -0.15) is 13.2 Å². The summed E-state index contributed by atoms with van der Waals surface area (Å²) in [5.74, 6) is 0.173. The van der Waals surface area contributed by atoms with Crippen LogP contribution in [0.5, 0.6) is 0 Å². The van der Waals surface area contributed by atoms with Gasteiger partial charge < -0.3 is 10.8 Å². The number of aromatic nitrogens is 1. The van der Waals surface area contributed by atoms with E-state index in [9.17, 15) is 13.2 Å². The number of benzene rings is 1. The van der Waals surface area contributed by atoms with Crippen molar-refractivity contribution in [2.75, 3.05) is 5.73 Å². The predicted molar refractivity (Wildman–Crippen MR) is 65.0 cm³/mol. The van der Waals surface area contributed by atoms with Crippen molar-refractivity contribution in [1.82, 2.24) is 4.98 Å². The molecule has 0 radical (unpaired) electrons. The van der Waals surface area contributed by atoms with Gasteiger partial charge in [-0.05, 0) is 29.8 Å². The van der Waals surface area contributed by atoms with Gasteiger partial charge in [-0.3, -0.25) is 0 Å². The molecule has 1 aromatic heterocycles. The molecule has 2 aromatic rings. The van der Waals surface area contributed by atoms with E-state index >= 15 is 0 Å². The summed E-state index contributed by atoms with van der Waals surface area (Å²) in [5, 5.41) is 8.91. The quantitative estimate of drug-likeness (QED) is 0.880. The number of alkyl halides is 3. The van der Waals surface area contributed by atoms with E-state index in [0.29, 0.717) is 16.8 Å². The molecule has 19 heavy (non-hydrogen) atoms. The summed E-state index contributed by atoms with van der Waals surface area (Å²) < 4.78 is 37.3. The van der Waals surface area contributed by atoms with Crippen molar-refractivity contribution in [3.63, 3.8) is 0 Å². The monoisotopic (exact) mass is 268 g/mol. The molecule has 2 rings (SSSR count). The molecule has 0 amide bonds. The summed E-state index contributed by atoms with van der Waals surface area (Å²) in [7, 11) is 0. The highest BCUT2D eigenvalue weighted by Crippen LogP contribution is 2.32. The summed E-state index contributed by atoms with van der Waals surface area (Å²) in [5.41, 5.74) is 6.48. The molecule has 100 valence electrons. The highest BCUT2D eigenvalue weighted by Gasteiger charge is 2.30. The smallest absolute Gasteiger partial charge is 0.390 e. The number of hydrogen-bond acceptors (Lipinski definition) is 3. The average Bonchev–Trinajstić information content (AvgIpc) is 2.37. The van der Waals surface area contributed by atoms with Crippen molar-refractivity contribution < 1.29 is 18.3 Å². The molecule has 0 aliphatic carbocycles. The van der Waals surface area contributed by atoms with Crippen molar-refractivity contribution in [2.45, 2.75) is 12.8 Å². The van der Waals surface area contributed by atoms with Gasteiger partial charge in [0.2, 0.25) is 0 Å². The number of halogens is 3. The molecular weight excluding hydrogens is 257 g/mol. The summed E-state index contributed by atoms with van der Waals surface area (Å²) in [4.78, 5) is 3.94. The van der Waals surface area contributed by atoms with Crippen LogP contribution in [0, 0.1) is 0 Å². The molecule has 0 aliphatic heterocycles. The Kier molecular flexibility index (Phi) is 3.44. The summed E-state index contributed by atoms with van der Waals surface area (Å²) in [6, 6.07) is 7.87. The first-order chi connectivity index (χ1) is 8.91. The molecule has 1 aromatic carbocycles. The third-order valence-corrected chi connectivity index (χ3v) is 2.67. The van der Waals surface area contributed by atoms with Crippen LogP contribution < -0.4 is 5.73 Å². The number of anilines is 1. The summed E-state index contributed by atoms with van der Waals surface area (Å²) >= 11 is 0. The minimum Gasteiger partial charge on any atom is -0.390 e. The van der Waals surface area contributed by atoms with Gasteiger partial charge in [0.05, 0.1) is 17.9 Å². The fourth-order valence-corrected chi connectivity index (χ4v) is 1.69. The van der Waals surface area contributed by atoms with E-state index in [0.717, 1.165) is 12.1 Å². The number of rotatable bonds is 2. The van der Waals surface area contributed by atoms with Gasteiger partial charge in [-0.25, -0.2) is 4.98 Å². The second-order valence-corrected chi connectivity index (χ2v) is 3.97. The fraction of sp³-hybridized carbons (Fsp3) is 0.154. The lowest BCUT2D eigenvalue weighted by atomic mass is 10.0. The minimum atomic E-state index is -4.36. The molecule has 1 heterocycles. The number of pyridine rings is 1. The largest absolute Gasteiger partial charge is 0.416 e. The van der Waals surface area contributed by atoms with Crippen LogP contribution >= 0.6 is 0 Å². The Morgan fingerprint density at radius 2 is 1.68 bits per heavy atom. The Morgan fingerprint density at radius 3 is 2.16 bits per heavy atom. The normalized spacial score (nSPS) is 11.6. The summed E-state index contributed by atoms with van der Waals surface area (Å²) in [6.45, 7) is -0.239. The first kappa shape index (κ1) is 13.4. The van der Waals surface area contributed by atoms with Crippen LogP contribution in [0.25, 0.3) is 11.1 Å². The van der Waals surface area contributed by atoms with E-state index in [1.54, 1.807) is 12.1 Å². The van der Waals surface area contributed by atoms with Crippen LogP contribution in [0.4, 0.5) is 19.0 Å². The van der Waals surface area contributed by atoms with Crippen LogP contribution in [0.15, 0.2) is 36.4 Å². The molecule has 0 saturated heterocycles. The SMILES string of the molecule is Nc1nc(CO)ccc1-c1ccc(C(F)(F)F)cc1. The van der Waals surface area contributed by atoms with E-state index < -0.39 is 11.7 Å². The number of hydrogen-bond donors (Lipinski definition) is 2. The second kappa shape index (κ2) is 4.89. The number of aliphatic hydroxyl groups excluding tert-OH is 1. The van der Waals surface area contributed by atoms with Crippen molar-refractivity contribution in [3.05, 3.63) is 47.7 Å². The molecule has 3 N–H and O–H groups in total. The van der Waals surface area contributed by atoms with Crippen molar-refractivity contribution in [3.8, 4) is 11.1 Å². The van der Waals surface area contributed by atoms with E-state index in [1.807, 2.05) is 0 Å². The highest BCUT2D eigenvalue weighted by molar-refractivity contribution is 5.73. The molecule has 0 atom stereocenters. The lowest BCUT2D eigenvalue weighted by molar-refractivity contribution is -0.137. The maximum Gasteiger partial charge on any atom is 0.416 e.